The first-order chi connectivity index (χ1) is 0. The fourth-order valence-corrected chi connectivity index (χ4v) is 0. The van der Waals surface area contributed by atoms with Crippen molar-refractivity contribution < 1.29 is 31.0 Å². The number of rotatable bonds is 0. The Morgan fingerprint density at radius 1 is 1.25 bits per heavy atom. The van der Waals surface area contributed by atoms with Crippen LogP contribution < -0.4 is 29.6 Å². The van der Waals surface area contributed by atoms with Crippen LogP contribution in [0.15, 0.2) is 0 Å². The molecule has 0 aliphatic rings. The zero-order valence-electron chi connectivity index (χ0n) is 4.28. The Hall–Kier alpha value is 1.81. The molecule has 0 atom stereocenters. The van der Waals surface area contributed by atoms with Gasteiger partial charge in [0, 0.05) is 8.41 Å². The van der Waals surface area contributed by atoms with E-state index in [-0.39, 0.29) is 67.7 Å². The van der Waals surface area contributed by atoms with E-state index in [1.807, 2.05) is 0 Å². The van der Waals surface area contributed by atoms with Gasteiger partial charge in [0.05, 0.1) is 17.4 Å². The van der Waals surface area contributed by atoms with E-state index in [0.29, 0.717) is 0 Å². The first-order valence-corrected chi connectivity index (χ1v) is 0. The molecule has 0 amide bonds. The van der Waals surface area contributed by atoms with Crippen LogP contribution in [0.25, 0.3) is 0 Å². The molecule has 0 saturated carbocycles. The SMILES string of the molecule is [AlH].[B].[H-].[Na+].[SiH3]. The van der Waals surface area contributed by atoms with Crippen LogP contribution in [0.3, 0.4) is 0 Å². The normalized spacial score (nSPS) is 0. The summed E-state index contributed by atoms with van der Waals surface area (Å²) in [6, 6.07) is 0. The monoisotopic (exact) mass is 94.0 g/mol. The van der Waals surface area contributed by atoms with E-state index in [4.69, 9.17) is 0 Å². The Bertz CT molecular complexity index is 11.6. The molecule has 0 aromatic rings. The maximum absolute atomic E-state index is 0. The van der Waals surface area contributed by atoms with Crippen LogP contribution in [0.5, 0.6) is 0 Å². The second kappa shape index (κ2) is 21.3. The molecule has 0 fully saturated rings. The van der Waals surface area contributed by atoms with E-state index in [1.54, 1.807) is 0 Å². The van der Waals surface area contributed by atoms with Gasteiger partial charge in [-0.25, -0.2) is 0 Å². The average Bonchev–Trinajstić information content (AvgIpc) is 0. The molecule has 0 rings (SSSR count). The molecule has 4 heteroatoms. The van der Waals surface area contributed by atoms with Gasteiger partial charge in [-0.15, -0.1) is 0 Å². The summed E-state index contributed by atoms with van der Waals surface area (Å²) >= 11 is 0. The molecule has 0 N–H and O–H groups in total. The van der Waals surface area contributed by atoms with Crippen LogP contribution >= 0.6 is 0 Å². The van der Waals surface area contributed by atoms with Gasteiger partial charge in [0.25, 0.3) is 0 Å². The predicted molar refractivity (Wildman–Crippen MR) is 24.0 cm³/mol. The summed E-state index contributed by atoms with van der Waals surface area (Å²) in [4.78, 5) is 0. The van der Waals surface area contributed by atoms with E-state index in [2.05, 4.69) is 0 Å². The van der Waals surface area contributed by atoms with Gasteiger partial charge in [0.2, 0.25) is 0 Å². The zero-order valence-corrected chi connectivity index (χ0v) is 8.70. The average molecular weight is 93.9 g/mol. The van der Waals surface area contributed by atoms with Crippen molar-refractivity contribution in [3.05, 3.63) is 0 Å². The maximum atomic E-state index is 0. The molecule has 16 valence electrons. The standard InChI is InChI=1S/Al.B.Na.H3Si.2H/h;;;1H3;;/q;;+1;;;-1. The Balaban J connectivity index is 0. The van der Waals surface area contributed by atoms with Crippen molar-refractivity contribution >= 4 is 36.7 Å². The van der Waals surface area contributed by atoms with Crippen molar-refractivity contribution in [2.45, 2.75) is 0 Å². The molecule has 4 heavy (non-hydrogen) atoms. The topological polar surface area (TPSA) is 0 Å². The first-order valence-electron chi connectivity index (χ1n) is 0. The van der Waals surface area contributed by atoms with Crippen molar-refractivity contribution in [2.24, 2.45) is 0 Å². The quantitative estimate of drug-likeness (QED) is 0.263. The van der Waals surface area contributed by atoms with Crippen LogP contribution in [0.4, 0.5) is 0 Å². The molecular weight excluding hydrogens is 88.9 g/mol. The molecule has 0 bridgehead atoms. The van der Waals surface area contributed by atoms with Gasteiger partial charge < -0.3 is 1.43 Å². The van der Waals surface area contributed by atoms with Crippen molar-refractivity contribution in [2.75, 3.05) is 0 Å². The summed E-state index contributed by atoms with van der Waals surface area (Å²) in [5.74, 6) is 0. The fraction of sp³-hybridized carbons (Fsp3) is 0. The third kappa shape index (κ3) is 9.18. The van der Waals surface area contributed by atoms with Crippen molar-refractivity contribution in [3.8, 4) is 0 Å². The van der Waals surface area contributed by atoms with E-state index in [1.165, 1.54) is 0 Å². The van der Waals surface area contributed by atoms with Gasteiger partial charge in [-0.1, -0.05) is 0 Å². The summed E-state index contributed by atoms with van der Waals surface area (Å²) in [6.07, 6.45) is 0. The summed E-state index contributed by atoms with van der Waals surface area (Å²) in [7, 11) is 0. The minimum Gasteiger partial charge on any atom is -1.00 e. The molecule has 0 aromatic heterocycles. The van der Waals surface area contributed by atoms with Crippen LogP contribution in [0.1, 0.15) is 1.43 Å². The van der Waals surface area contributed by atoms with E-state index < -0.39 is 0 Å². The number of hydrogen-bond donors (Lipinski definition) is 0. The molecule has 0 saturated heterocycles. The molecule has 0 unspecified atom stereocenters. The molecule has 0 heterocycles. The summed E-state index contributed by atoms with van der Waals surface area (Å²) in [5, 5.41) is 0. The first kappa shape index (κ1) is 40.9. The minimum absolute atomic E-state index is 0. The second-order valence-electron chi connectivity index (χ2n) is 0. The van der Waals surface area contributed by atoms with E-state index >= 15 is 0 Å². The van der Waals surface area contributed by atoms with Crippen molar-refractivity contribution in [1.82, 2.24) is 0 Å². The smallest absolute Gasteiger partial charge is 1.00 e. The third-order valence-electron chi connectivity index (χ3n) is 0. The summed E-state index contributed by atoms with van der Waals surface area (Å²) in [6.45, 7) is 0. The van der Waals surface area contributed by atoms with Gasteiger partial charge in [0.15, 0.2) is 0 Å². The Morgan fingerprint density at radius 2 is 1.25 bits per heavy atom. The Labute approximate surface area is 67.2 Å². The largest absolute Gasteiger partial charge is 1.00 e. The summed E-state index contributed by atoms with van der Waals surface area (Å²) < 4.78 is 0. The fourth-order valence-electron chi connectivity index (χ4n) is 0. The van der Waals surface area contributed by atoms with Crippen molar-refractivity contribution in [1.29, 1.82) is 0 Å². The van der Waals surface area contributed by atoms with Gasteiger partial charge in [-0.05, 0) is 11.0 Å². The van der Waals surface area contributed by atoms with Crippen LogP contribution in [-0.4, -0.2) is 36.7 Å². The number of hydrogen-bond acceptors (Lipinski definition) is 0. The van der Waals surface area contributed by atoms with E-state index in [0.717, 1.165) is 0 Å². The third-order valence-corrected chi connectivity index (χ3v) is 0. The molecule has 0 aliphatic carbocycles. The van der Waals surface area contributed by atoms with Gasteiger partial charge in [-0.2, -0.15) is 0 Å². The van der Waals surface area contributed by atoms with Crippen LogP contribution in [0.2, 0.25) is 0 Å². The van der Waals surface area contributed by atoms with E-state index in [9.17, 15) is 0 Å². The van der Waals surface area contributed by atoms with Crippen LogP contribution in [-0.2, 0) is 0 Å². The predicted octanol–water partition coefficient (Wildman–Crippen LogP) is -5.10. The molecular formula is H5AlBNaSi. The van der Waals surface area contributed by atoms with Crippen LogP contribution in [0, 0.1) is 0 Å². The molecule has 0 spiro atoms. The molecule has 6 radical (unpaired) electrons. The second-order valence-corrected chi connectivity index (χ2v) is 0. The minimum atomic E-state index is 0. The maximum Gasteiger partial charge on any atom is 1.00 e. The molecule has 0 aromatic carbocycles. The molecule has 0 nitrogen and oxygen atoms in total. The van der Waals surface area contributed by atoms with Gasteiger partial charge >= 0.3 is 29.6 Å². The Morgan fingerprint density at radius 3 is 1.25 bits per heavy atom. The zero-order chi connectivity index (χ0) is 0. The van der Waals surface area contributed by atoms with Gasteiger partial charge in [-0.3, -0.25) is 0 Å². The molecule has 0 aliphatic heterocycles. The van der Waals surface area contributed by atoms with Crippen molar-refractivity contribution in [3.63, 3.8) is 0 Å². The van der Waals surface area contributed by atoms with Gasteiger partial charge in [0.1, 0.15) is 0 Å². The summed E-state index contributed by atoms with van der Waals surface area (Å²) in [5.41, 5.74) is 0. The Kier molecular flexibility index (Phi) is 218.